The van der Waals surface area contributed by atoms with Crippen molar-refractivity contribution in [2.75, 3.05) is 51.4 Å². The molecule has 0 unspecified atom stereocenters. The average molecular weight is 419 g/mol. The summed E-state index contributed by atoms with van der Waals surface area (Å²) in [4.78, 5) is 28.0. The molecule has 0 aromatic heterocycles. The maximum absolute atomic E-state index is 12.3. The second-order valence-electron chi connectivity index (χ2n) is 6.47. The van der Waals surface area contributed by atoms with Gasteiger partial charge in [0.1, 0.15) is 11.5 Å². The highest BCUT2D eigenvalue weighted by atomic mass is 35.5. The number of piperazine rings is 1. The van der Waals surface area contributed by atoms with Gasteiger partial charge in [-0.3, -0.25) is 4.79 Å². The summed E-state index contributed by atoms with van der Waals surface area (Å²) in [5, 5.41) is 0.685. The highest BCUT2D eigenvalue weighted by Crippen LogP contribution is 2.21. The summed E-state index contributed by atoms with van der Waals surface area (Å²) in [6.07, 6.45) is 0. The number of nitrogens with zero attached hydrogens (tertiary/aromatic N) is 2. The van der Waals surface area contributed by atoms with Crippen LogP contribution < -0.4 is 14.4 Å². The number of amides is 1. The number of rotatable bonds is 7. The highest BCUT2D eigenvalue weighted by Gasteiger charge is 2.22. The van der Waals surface area contributed by atoms with Crippen LogP contribution >= 0.6 is 11.6 Å². The molecule has 2 aromatic carbocycles. The molecule has 1 fully saturated rings. The lowest BCUT2D eigenvalue weighted by Crippen LogP contribution is -2.50. The molecule has 8 heteroatoms. The van der Waals surface area contributed by atoms with Crippen molar-refractivity contribution >= 4 is 29.2 Å². The lowest BCUT2D eigenvalue weighted by atomic mass is 10.2. The lowest BCUT2D eigenvalue weighted by molar-refractivity contribution is -0.153. The van der Waals surface area contributed by atoms with Crippen LogP contribution in [0, 0.1) is 0 Å². The summed E-state index contributed by atoms with van der Waals surface area (Å²) >= 11 is 6.04. The molecule has 1 aliphatic rings. The first-order valence-electron chi connectivity index (χ1n) is 9.26. The molecule has 0 radical (unpaired) electrons. The average Bonchev–Trinajstić information content (AvgIpc) is 2.76. The Hall–Kier alpha value is -2.93. The molecule has 0 aliphatic carbocycles. The van der Waals surface area contributed by atoms with E-state index in [-0.39, 0.29) is 19.1 Å². The van der Waals surface area contributed by atoms with E-state index in [2.05, 4.69) is 4.90 Å². The summed E-state index contributed by atoms with van der Waals surface area (Å²) < 4.78 is 15.4. The topological polar surface area (TPSA) is 68.3 Å². The number of methoxy groups -OCH3 is 1. The first-order valence-corrected chi connectivity index (χ1v) is 9.64. The normalized spacial score (nSPS) is 13.7. The molecule has 0 spiro atoms. The van der Waals surface area contributed by atoms with Gasteiger partial charge < -0.3 is 24.0 Å². The van der Waals surface area contributed by atoms with Gasteiger partial charge in [0, 0.05) is 36.9 Å². The van der Waals surface area contributed by atoms with E-state index in [0.29, 0.717) is 42.7 Å². The third-order valence-electron chi connectivity index (χ3n) is 4.58. The third-order valence-corrected chi connectivity index (χ3v) is 4.81. The van der Waals surface area contributed by atoms with Gasteiger partial charge in [0.05, 0.1) is 7.11 Å². The molecule has 1 saturated heterocycles. The van der Waals surface area contributed by atoms with Crippen molar-refractivity contribution < 1.29 is 23.8 Å². The maximum atomic E-state index is 12.3. The molecule has 7 nitrogen and oxygen atoms in total. The zero-order valence-electron chi connectivity index (χ0n) is 16.2. The quantitative estimate of drug-likeness (QED) is 0.644. The fraction of sp³-hybridized carbons (Fsp3) is 0.333. The van der Waals surface area contributed by atoms with Crippen molar-refractivity contribution in [3.63, 3.8) is 0 Å². The van der Waals surface area contributed by atoms with Crippen LogP contribution in [-0.4, -0.2) is 63.3 Å². The number of carbonyl (C=O) groups excluding carboxylic acids is 2. The van der Waals surface area contributed by atoms with Gasteiger partial charge in [-0.25, -0.2) is 4.79 Å². The molecule has 0 bridgehead atoms. The van der Waals surface area contributed by atoms with E-state index in [1.807, 2.05) is 24.3 Å². The van der Waals surface area contributed by atoms with E-state index in [1.165, 1.54) is 0 Å². The summed E-state index contributed by atoms with van der Waals surface area (Å²) in [7, 11) is 1.57. The minimum atomic E-state index is -0.591. The van der Waals surface area contributed by atoms with Gasteiger partial charge in [0.25, 0.3) is 5.91 Å². The van der Waals surface area contributed by atoms with Crippen molar-refractivity contribution in [3.8, 4) is 11.5 Å². The van der Waals surface area contributed by atoms with Crippen LogP contribution in [0.25, 0.3) is 0 Å². The Morgan fingerprint density at radius 1 is 0.966 bits per heavy atom. The molecular weight excluding hydrogens is 396 g/mol. The van der Waals surface area contributed by atoms with Crippen molar-refractivity contribution in [2.45, 2.75) is 0 Å². The number of carbonyl (C=O) groups is 2. The molecule has 2 aromatic rings. The second-order valence-corrected chi connectivity index (χ2v) is 6.91. The second kappa shape index (κ2) is 10.0. The predicted octanol–water partition coefficient (Wildman–Crippen LogP) is 2.62. The van der Waals surface area contributed by atoms with E-state index in [0.717, 1.165) is 5.69 Å². The standard InChI is InChI=1S/C21H23ClN2O5/c1-27-18-5-7-19(8-6-18)28-15-21(26)29-14-20(25)24-11-9-23(10-12-24)17-4-2-3-16(22)13-17/h2-8,13H,9-12,14-15H2,1H3. The summed E-state index contributed by atoms with van der Waals surface area (Å²) in [6.45, 7) is 1.96. The Bertz CT molecular complexity index is 835. The number of halogens is 1. The minimum absolute atomic E-state index is 0.214. The number of benzene rings is 2. The monoisotopic (exact) mass is 418 g/mol. The Balaban J connectivity index is 1.37. The van der Waals surface area contributed by atoms with Crippen LogP contribution in [0.3, 0.4) is 0 Å². The zero-order chi connectivity index (χ0) is 20.6. The van der Waals surface area contributed by atoms with E-state index in [4.69, 9.17) is 25.8 Å². The minimum Gasteiger partial charge on any atom is -0.497 e. The van der Waals surface area contributed by atoms with Crippen LogP contribution in [0.4, 0.5) is 5.69 Å². The number of esters is 1. The van der Waals surface area contributed by atoms with Gasteiger partial charge in [-0.1, -0.05) is 17.7 Å². The van der Waals surface area contributed by atoms with Gasteiger partial charge >= 0.3 is 5.97 Å². The molecule has 3 rings (SSSR count). The van der Waals surface area contributed by atoms with E-state index >= 15 is 0 Å². The Morgan fingerprint density at radius 2 is 1.66 bits per heavy atom. The summed E-state index contributed by atoms with van der Waals surface area (Å²) in [6, 6.07) is 14.5. The number of anilines is 1. The van der Waals surface area contributed by atoms with Crippen molar-refractivity contribution in [3.05, 3.63) is 53.6 Å². The van der Waals surface area contributed by atoms with Crippen LogP contribution in [0.5, 0.6) is 11.5 Å². The molecule has 1 amide bonds. The zero-order valence-corrected chi connectivity index (χ0v) is 16.9. The van der Waals surface area contributed by atoms with E-state index < -0.39 is 5.97 Å². The van der Waals surface area contributed by atoms with Crippen LogP contribution in [0.1, 0.15) is 0 Å². The van der Waals surface area contributed by atoms with Gasteiger partial charge in [-0.15, -0.1) is 0 Å². The lowest BCUT2D eigenvalue weighted by Gasteiger charge is -2.36. The summed E-state index contributed by atoms with van der Waals surface area (Å²) in [5.41, 5.74) is 1.03. The van der Waals surface area contributed by atoms with Crippen molar-refractivity contribution in [2.24, 2.45) is 0 Å². The van der Waals surface area contributed by atoms with Crippen molar-refractivity contribution in [1.82, 2.24) is 4.90 Å². The van der Waals surface area contributed by atoms with Gasteiger partial charge in [0.15, 0.2) is 13.2 Å². The largest absolute Gasteiger partial charge is 0.497 e. The van der Waals surface area contributed by atoms with E-state index in [9.17, 15) is 9.59 Å². The fourth-order valence-corrected chi connectivity index (χ4v) is 3.16. The molecule has 1 aliphatic heterocycles. The Kier molecular flexibility index (Phi) is 7.19. The predicted molar refractivity (Wildman–Crippen MR) is 110 cm³/mol. The maximum Gasteiger partial charge on any atom is 0.344 e. The van der Waals surface area contributed by atoms with Gasteiger partial charge in [-0.05, 0) is 42.5 Å². The molecule has 0 N–H and O–H groups in total. The number of hydrogen-bond donors (Lipinski definition) is 0. The summed E-state index contributed by atoms with van der Waals surface area (Å²) in [5.74, 6) is 0.410. The Labute approximate surface area is 174 Å². The van der Waals surface area contributed by atoms with E-state index in [1.54, 1.807) is 36.3 Å². The fourth-order valence-electron chi connectivity index (χ4n) is 2.98. The molecule has 29 heavy (non-hydrogen) atoms. The third kappa shape index (κ3) is 6.02. The SMILES string of the molecule is COc1ccc(OCC(=O)OCC(=O)N2CCN(c3cccc(Cl)c3)CC2)cc1. The van der Waals surface area contributed by atoms with Gasteiger partial charge in [0.2, 0.25) is 0 Å². The van der Waals surface area contributed by atoms with Gasteiger partial charge in [-0.2, -0.15) is 0 Å². The first kappa shape index (κ1) is 20.8. The van der Waals surface area contributed by atoms with Crippen LogP contribution in [0.15, 0.2) is 48.5 Å². The first-order chi connectivity index (χ1) is 14.0. The molecule has 0 saturated carbocycles. The highest BCUT2D eigenvalue weighted by molar-refractivity contribution is 6.30. The molecule has 1 heterocycles. The van der Waals surface area contributed by atoms with Crippen LogP contribution in [0.2, 0.25) is 5.02 Å². The molecule has 0 atom stereocenters. The number of ether oxygens (including phenoxy) is 3. The smallest absolute Gasteiger partial charge is 0.344 e. The Morgan fingerprint density at radius 3 is 2.31 bits per heavy atom. The number of hydrogen-bond acceptors (Lipinski definition) is 6. The molecule has 154 valence electrons. The molecular formula is C21H23ClN2O5. The van der Waals surface area contributed by atoms with Crippen molar-refractivity contribution in [1.29, 1.82) is 0 Å². The van der Waals surface area contributed by atoms with Crippen LogP contribution in [-0.2, 0) is 14.3 Å².